The predicted molar refractivity (Wildman–Crippen MR) is 112 cm³/mol. The number of nitrogens with one attached hydrogen (secondary N) is 1. The molecule has 1 N–H and O–H groups in total. The van der Waals surface area contributed by atoms with E-state index in [-0.39, 0.29) is 5.69 Å². The molecule has 0 fully saturated rings. The summed E-state index contributed by atoms with van der Waals surface area (Å²) in [6.07, 6.45) is 2.50. The number of ether oxygens (including phenoxy) is 2. The number of unbranched alkanes of at least 4 members (excludes halogenated alkanes) is 3. The molecule has 2 rings (SSSR count). The lowest BCUT2D eigenvalue weighted by atomic mass is 10.1. The molecule has 0 aliphatic carbocycles. The number of benzene rings is 2. The molecule has 30 heavy (non-hydrogen) atoms. The van der Waals surface area contributed by atoms with E-state index in [1.54, 1.807) is 18.2 Å². The van der Waals surface area contributed by atoms with Crippen molar-refractivity contribution >= 4 is 17.7 Å². The Balaban J connectivity index is 2.01. The SMILES string of the molecule is CCCCCCOc1ccc(/C=C/C(=O)Nc2ccccc2C(F)(F)F)cc1OC. The summed E-state index contributed by atoms with van der Waals surface area (Å²) in [4.78, 5) is 12.1. The molecule has 7 heteroatoms. The molecule has 0 aliphatic heterocycles. The normalized spacial score (nSPS) is 11.5. The van der Waals surface area contributed by atoms with Crippen LogP contribution in [-0.2, 0) is 11.0 Å². The zero-order valence-electron chi connectivity index (χ0n) is 17.1. The first-order valence-electron chi connectivity index (χ1n) is 9.81. The van der Waals surface area contributed by atoms with Crippen LogP contribution >= 0.6 is 0 Å². The molecule has 0 atom stereocenters. The van der Waals surface area contributed by atoms with Gasteiger partial charge in [0.05, 0.1) is 25.0 Å². The lowest BCUT2D eigenvalue weighted by molar-refractivity contribution is -0.136. The topological polar surface area (TPSA) is 47.6 Å². The van der Waals surface area contributed by atoms with Gasteiger partial charge in [-0.2, -0.15) is 13.2 Å². The van der Waals surface area contributed by atoms with Crippen molar-refractivity contribution in [2.45, 2.75) is 38.8 Å². The minimum Gasteiger partial charge on any atom is -0.493 e. The number of hydrogen-bond donors (Lipinski definition) is 1. The molecule has 0 aromatic heterocycles. The van der Waals surface area contributed by atoms with Gasteiger partial charge in [-0.3, -0.25) is 4.79 Å². The minimum atomic E-state index is -4.55. The first kappa shape index (κ1) is 23.3. The zero-order chi connectivity index (χ0) is 22.0. The first-order chi connectivity index (χ1) is 14.3. The molecule has 0 spiro atoms. The van der Waals surface area contributed by atoms with Gasteiger partial charge in [0.1, 0.15) is 0 Å². The molecular formula is C23H26F3NO3. The van der Waals surface area contributed by atoms with Crippen molar-refractivity contribution in [2.24, 2.45) is 0 Å². The summed E-state index contributed by atoms with van der Waals surface area (Å²) in [7, 11) is 1.52. The summed E-state index contributed by atoms with van der Waals surface area (Å²) >= 11 is 0. The monoisotopic (exact) mass is 421 g/mol. The summed E-state index contributed by atoms with van der Waals surface area (Å²) in [6, 6.07) is 10.0. The lowest BCUT2D eigenvalue weighted by Gasteiger charge is -2.12. The van der Waals surface area contributed by atoms with Gasteiger partial charge in [-0.15, -0.1) is 0 Å². The summed E-state index contributed by atoms with van der Waals surface area (Å²) in [5, 5.41) is 2.27. The van der Waals surface area contributed by atoms with Crippen LogP contribution in [0.2, 0.25) is 0 Å². The molecule has 0 heterocycles. The van der Waals surface area contributed by atoms with Crippen molar-refractivity contribution in [1.29, 1.82) is 0 Å². The number of amides is 1. The van der Waals surface area contributed by atoms with Gasteiger partial charge in [0, 0.05) is 6.08 Å². The third-order valence-corrected chi connectivity index (χ3v) is 4.36. The summed E-state index contributed by atoms with van der Waals surface area (Å²) in [6.45, 7) is 2.73. The Labute approximate surface area is 174 Å². The second kappa shape index (κ2) is 11.3. The Hall–Kier alpha value is -2.96. The second-order valence-corrected chi connectivity index (χ2v) is 6.69. The molecule has 1 amide bonds. The highest BCUT2D eigenvalue weighted by atomic mass is 19.4. The van der Waals surface area contributed by atoms with E-state index < -0.39 is 17.6 Å². The van der Waals surface area contributed by atoms with Crippen LogP contribution < -0.4 is 14.8 Å². The van der Waals surface area contributed by atoms with Gasteiger partial charge in [0.15, 0.2) is 11.5 Å². The summed E-state index contributed by atoms with van der Waals surface area (Å²) < 4.78 is 50.2. The van der Waals surface area contributed by atoms with Gasteiger partial charge < -0.3 is 14.8 Å². The molecule has 0 bridgehead atoms. The Morgan fingerprint density at radius 1 is 1.07 bits per heavy atom. The zero-order valence-corrected chi connectivity index (χ0v) is 17.1. The fraction of sp³-hybridized carbons (Fsp3) is 0.348. The number of para-hydroxylation sites is 1. The highest BCUT2D eigenvalue weighted by Gasteiger charge is 2.33. The fourth-order valence-electron chi connectivity index (χ4n) is 2.80. The third-order valence-electron chi connectivity index (χ3n) is 4.36. The highest BCUT2D eigenvalue weighted by Crippen LogP contribution is 2.34. The molecule has 0 aliphatic rings. The van der Waals surface area contributed by atoms with E-state index in [9.17, 15) is 18.0 Å². The number of carbonyl (C=O) groups is 1. The van der Waals surface area contributed by atoms with E-state index in [1.807, 2.05) is 0 Å². The molecule has 4 nitrogen and oxygen atoms in total. The Bertz CT molecular complexity index is 863. The van der Waals surface area contributed by atoms with Gasteiger partial charge in [0.2, 0.25) is 5.91 Å². The smallest absolute Gasteiger partial charge is 0.418 e. The van der Waals surface area contributed by atoms with Gasteiger partial charge in [0.25, 0.3) is 0 Å². The van der Waals surface area contributed by atoms with Crippen LogP contribution in [0.4, 0.5) is 18.9 Å². The molecule has 0 saturated carbocycles. The number of halogens is 3. The second-order valence-electron chi connectivity index (χ2n) is 6.69. The molecule has 0 saturated heterocycles. The van der Waals surface area contributed by atoms with E-state index in [0.29, 0.717) is 23.7 Å². The van der Waals surface area contributed by atoms with Crippen molar-refractivity contribution in [1.82, 2.24) is 0 Å². The van der Waals surface area contributed by atoms with Crippen LogP contribution in [0, 0.1) is 0 Å². The summed E-state index contributed by atoms with van der Waals surface area (Å²) in [5.41, 5.74) is -0.526. The first-order valence-corrected chi connectivity index (χ1v) is 9.81. The highest BCUT2D eigenvalue weighted by molar-refractivity contribution is 6.02. The number of methoxy groups -OCH3 is 1. The predicted octanol–water partition coefficient (Wildman–Crippen LogP) is 6.33. The number of hydrogen-bond acceptors (Lipinski definition) is 3. The standard InChI is InChI=1S/C23H26F3NO3/c1-3-4-5-8-15-30-20-13-11-17(16-21(20)29-2)12-14-22(28)27-19-10-7-6-9-18(19)23(24,25)26/h6-7,9-14,16H,3-5,8,15H2,1-2H3,(H,27,28)/b14-12+. The minimum absolute atomic E-state index is 0.288. The number of anilines is 1. The van der Waals surface area contributed by atoms with Crippen molar-refractivity contribution in [3.63, 3.8) is 0 Å². The molecule has 162 valence electrons. The Morgan fingerprint density at radius 3 is 2.53 bits per heavy atom. The largest absolute Gasteiger partial charge is 0.493 e. The van der Waals surface area contributed by atoms with E-state index >= 15 is 0 Å². The fourth-order valence-corrected chi connectivity index (χ4v) is 2.80. The van der Waals surface area contributed by atoms with E-state index in [0.717, 1.165) is 25.3 Å². The van der Waals surface area contributed by atoms with E-state index in [1.165, 1.54) is 43.9 Å². The van der Waals surface area contributed by atoms with Crippen LogP contribution in [0.15, 0.2) is 48.5 Å². The van der Waals surface area contributed by atoms with Gasteiger partial charge in [-0.1, -0.05) is 44.4 Å². The van der Waals surface area contributed by atoms with Gasteiger partial charge in [-0.25, -0.2) is 0 Å². The van der Waals surface area contributed by atoms with Crippen molar-refractivity contribution in [3.8, 4) is 11.5 Å². The average molecular weight is 421 g/mol. The molecule has 2 aromatic rings. The number of rotatable bonds is 10. The van der Waals surface area contributed by atoms with E-state index in [2.05, 4.69) is 12.2 Å². The van der Waals surface area contributed by atoms with Crippen molar-refractivity contribution in [2.75, 3.05) is 19.0 Å². The van der Waals surface area contributed by atoms with Crippen LogP contribution in [0.3, 0.4) is 0 Å². The number of carbonyl (C=O) groups excluding carboxylic acids is 1. The van der Waals surface area contributed by atoms with Gasteiger partial charge >= 0.3 is 6.18 Å². The maximum Gasteiger partial charge on any atom is 0.418 e. The van der Waals surface area contributed by atoms with Crippen LogP contribution in [0.5, 0.6) is 11.5 Å². The van der Waals surface area contributed by atoms with Gasteiger partial charge in [-0.05, 0) is 42.3 Å². The molecule has 2 aromatic carbocycles. The summed E-state index contributed by atoms with van der Waals surface area (Å²) in [5.74, 6) is 0.465. The average Bonchev–Trinajstić information content (AvgIpc) is 2.72. The van der Waals surface area contributed by atoms with Crippen LogP contribution in [0.1, 0.15) is 43.7 Å². The molecule has 0 radical (unpaired) electrons. The van der Waals surface area contributed by atoms with Crippen molar-refractivity contribution < 1.29 is 27.4 Å². The molecule has 0 unspecified atom stereocenters. The number of alkyl halides is 3. The Kier molecular flexibility index (Phi) is 8.77. The lowest BCUT2D eigenvalue weighted by Crippen LogP contribution is -2.14. The van der Waals surface area contributed by atoms with Crippen molar-refractivity contribution in [3.05, 3.63) is 59.7 Å². The maximum atomic E-state index is 13.0. The third kappa shape index (κ3) is 7.13. The van der Waals surface area contributed by atoms with Crippen LogP contribution in [-0.4, -0.2) is 19.6 Å². The van der Waals surface area contributed by atoms with Crippen LogP contribution in [0.25, 0.3) is 6.08 Å². The quantitative estimate of drug-likeness (QED) is 0.360. The van der Waals surface area contributed by atoms with E-state index in [4.69, 9.17) is 9.47 Å². The molecular weight excluding hydrogens is 395 g/mol. The maximum absolute atomic E-state index is 13.0. The Morgan fingerprint density at radius 2 is 1.83 bits per heavy atom.